The van der Waals surface area contributed by atoms with Crippen LogP contribution in [0, 0.1) is 6.92 Å². The van der Waals surface area contributed by atoms with Gasteiger partial charge in [0.25, 0.3) is 0 Å². The van der Waals surface area contributed by atoms with E-state index in [1.807, 2.05) is 19.9 Å². The Balaban J connectivity index is 2.11. The lowest BCUT2D eigenvalue weighted by Crippen LogP contribution is -2.06. The van der Waals surface area contributed by atoms with Gasteiger partial charge in [0, 0.05) is 6.42 Å². The number of fused-ring (bicyclic) bond motifs is 1. The minimum absolute atomic E-state index is 0.169. The van der Waals surface area contributed by atoms with E-state index in [-0.39, 0.29) is 5.38 Å². The summed E-state index contributed by atoms with van der Waals surface area (Å²) in [5.41, 5.74) is 3.20. The van der Waals surface area contributed by atoms with Crippen molar-refractivity contribution in [1.82, 2.24) is 14.5 Å². The summed E-state index contributed by atoms with van der Waals surface area (Å²) in [6.07, 6.45) is 2.62. The summed E-state index contributed by atoms with van der Waals surface area (Å²) in [5.74, 6) is 2.43. The van der Waals surface area contributed by atoms with Crippen LogP contribution < -0.4 is 0 Å². The molecule has 4 nitrogen and oxygen atoms in total. The van der Waals surface area contributed by atoms with Crippen LogP contribution in [-0.4, -0.2) is 14.5 Å². The molecule has 1 aromatic carbocycles. The van der Waals surface area contributed by atoms with Crippen molar-refractivity contribution in [2.45, 2.75) is 39.1 Å². The maximum Gasteiger partial charge on any atom is 0.214 e. The number of benzene rings is 1. The Labute approximate surface area is 128 Å². The molecule has 0 aliphatic carbocycles. The molecule has 0 aliphatic heterocycles. The fourth-order valence-corrected chi connectivity index (χ4v) is 2.66. The van der Waals surface area contributed by atoms with E-state index in [0.29, 0.717) is 12.4 Å². The van der Waals surface area contributed by atoms with Crippen molar-refractivity contribution in [2.24, 2.45) is 0 Å². The van der Waals surface area contributed by atoms with Gasteiger partial charge in [-0.05, 0) is 25.5 Å². The summed E-state index contributed by atoms with van der Waals surface area (Å²) < 4.78 is 7.81. The number of alkyl halides is 1. The van der Waals surface area contributed by atoms with E-state index in [1.54, 1.807) is 6.20 Å². The van der Waals surface area contributed by atoms with Gasteiger partial charge in [-0.2, -0.15) is 0 Å². The largest absolute Gasteiger partial charge is 0.444 e. The Bertz CT molecular complexity index is 773. The first-order chi connectivity index (χ1) is 10.1. The van der Waals surface area contributed by atoms with Gasteiger partial charge >= 0.3 is 0 Å². The monoisotopic (exact) mass is 303 g/mol. The predicted molar refractivity (Wildman–Crippen MR) is 83.7 cm³/mol. The fraction of sp³-hybridized carbons (Fsp3) is 0.375. The highest BCUT2D eigenvalue weighted by Crippen LogP contribution is 2.27. The molecule has 0 bridgehead atoms. The van der Waals surface area contributed by atoms with Crippen molar-refractivity contribution in [3.8, 4) is 0 Å². The van der Waals surface area contributed by atoms with Crippen LogP contribution in [0.2, 0.25) is 0 Å². The van der Waals surface area contributed by atoms with Gasteiger partial charge in [0.2, 0.25) is 5.89 Å². The van der Waals surface area contributed by atoms with Crippen LogP contribution in [0.1, 0.15) is 42.3 Å². The first-order valence-corrected chi connectivity index (χ1v) is 7.57. The number of halogens is 1. The summed E-state index contributed by atoms with van der Waals surface area (Å²) in [4.78, 5) is 9.03. The lowest BCUT2D eigenvalue weighted by molar-refractivity contribution is 0.445. The number of aryl methyl sites for hydroxylation is 2. The van der Waals surface area contributed by atoms with Crippen LogP contribution in [0.5, 0.6) is 0 Å². The van der Waals surface area contributed by atoms with E-state index >= 15 is 0 Å². The predicted octanol–water partition coefficient (Wildman–Crippen LogP) is 4.24. The first-order valence-electron chi connectivity index (χ1n) is 7.13. The molecule has 0 spiro atoms. The first kappa shape index (κ1) is 14.1. The minimum atomic E-state index is -0.169. The van der Waals surface area contributed by atoms with E-state index in [9.17, 15) is 0 Å². The average Bonchev–Trinajstić information content (AvgIpc) is 3.05. The molecule has 3 aromatic rings. The Kier molecular flexibility index (Phi) is 3.72. The van der Waals surface area contributed by atoms with Gasteiger partial charge in [0.15, 0.2) is 0 Å². The second kappa shape index (κ2) is 5.53. The Hall–Kier alpha value is -1.81. The zero-order valence-corrected chi connectivity index (χ0v) is 13.2. The normalized spacial score (nSPS) is 13.0. The molecule has 0 N–H and O–H groups in total. The quantitative estimate of drug-likeness (QED) is 0.677. The second-order valence-electron chi connectivity index (χ2n) is 5.19. The summed E-state index contributed by atoms with van der Waals surface area (Å²) in [6, 6.07) is 6.15. The molecule has 0 saturated carbocycles. The highest BCUT2D eigenvalue weighted by atomic mass is 35.5. The lowest BCUT2D eigenvalue weighted by Gasteiger charge is -2.08. The number of imidazole rings is 1. The molecule has 0 amide bonds. The van der Waals surface area contributed by atoms with Crippen LogP contribution in [0.3, 0.4) is 0 Å². The van der Waals surface area contributed by atoms with Gasteiger partial charge < -0.3 is 8.98 Å². The molecule has 0 fully saturated rings. The smallest absolute Gasteiger partial charge is 0.214 e. The summed E-state index contributed by atoms with van der Waals surface area (Å²) in [5, 5.41) is -0.169. The van der Waals surface area contributed by atoms with Crippen molar-refractivity contribution in [3.05, 3.63) is 47.4 Å². The molecular weight excluding hydrogens is 286 g/mol. The van der Waals surface area contributed by atoms with Gasteiger partial charge in [0.1, 0.15) is 18.1 Å². The van der Waals surface area contributed by atoms with Crippen LogP contribution in [0.25, 0.3) is 11.0 Å². The van der Waals surface area contributed by atoms with E-state index < -0.39 is 0 Å². The standard InChI is InChI=1S/C16H18ClN3O/c1-4-12-8-18-14(21-12)9-20-13-7-5-6-10(2)15(13)19-16(20)11(3)17/h5-8,11H,4,9H2,1-3H3. The molecule has 0 radical (unpaired) electrons. The van der Waals surface area contributed by atoms with Crippen molar-refractivity contribution >= 4 is 22.6 Å². The molecule has 0 aliphatic rings. The van der Waals surface area contributed by atoms with E-state index in [4.69, 9.17) is 21.0 Å². The lowest BCUT2D eigenvalue weighted by atomic mass is 10.2. The van der Waals surface area contributed by atoms with Crippen molar-refractivity contribution in [3.63, 3.8) is 0 Å². The van der Waals surface area contributed by atoms with Crippen LogP contribution in [0.15, 0.2) is 28.8 Å². The van der Waals surface area contributed by atoms with E-state index in [2.05, 4.69) is 28.6 Å². The number of hydrogen-bond acceptors (Lipinski definition) is 3. The van der Waals surface area contributed by atoms with Crippen LogP contribution in [0.4, 0.5) is 0 Å². The topological polar surface area (TPSA) is 43.9 Å². The number of aromatic nitrogens is 3. The van der Waals surface area contributed by atoms with Gasteiger partial charge in [-0.15, -0.1) is 11.6 Å². The van der Waals surface area contributed by atoms with Crippen LogP contribution >= 0.6 is 11.6 Å². The molecule has 0 saturated heterocycles. The molecule has 21 heavy (non-hydrogen) atoms. The van der Waals surface area contributed by atoms with Gasteiger partial charge in [0.05, 0.1) is 22.6 Å². The van der Waals surface area contributed by atoms with E-state index in [0.717, 1.165) is 34.6 Å². The van der Waals surface area contributed by atoms with Crippen LogP contribution in [-0.2, 0) is 13.0 Å². The Morgan fingerprint density at radius 1 is 1.38 bits per heavy atom. The molecule has 1 atom stereocenters. The zero-order valence-electron chi connectivity index (χ0n) is 12.4. The third-order valence-corrected chi connectivity index (χ3v) is 3.80. The number of oxazole rings is 1. The molecule has 110 valence electrons. The minimum Gasteiger partial charge on any atom is -0.444 e. The number of nitrogens with zero attached hydrogens (tertiary/aromatic N) is 3. The highest BCUT2D eigenvalue weighted by molar-refractivity contribution is 6.20. The molecular formula is C16H18ClN3O. The number of hydrogen-bond donors (Lipinski definition) is 0. The molecule has 5 heteroatoms. The van der Waals surface area contributed by atoms with Gasteiger partial charge in [-0.1, -0.05) is 19.1 Å². The molecule has 2 aromatic heterocycles. The highest BCUT2D eigenvalue weighted by Gasteiger charge is 2.17. The van der Waals surface area contributed by atoms with Crippen molar-refractivity contribution < 1.29 is 4.42 Å². The zero-order chi connectivity index (χ0) is 15.0. The van der Waals surface area contributed by atoms with Gasteiger partial charge in [-0.25, -0.2) is 9.97 Å². The second-order valence-corrected chi connectivity index (χ2v) is 5.84. The van der Waals surface area contributed by atoms with Gasteiger partial charge in [-0.3, -0.25) is 0 Å². The molecule has 2 heterocycles. The fourth-order valence-electron chi connectivity index (χ4n) is 2.49. The summed E-state index contributed by atoms with van der Waals surface area (Å²) >= 11 is 6.30. The van der Waals surface area contributed by atoms with Crippen molar-refractivity contribution in [2.75, 3.05) is 0 Å². The maximum absolute atomic E-state index is 6.30. The molecule has 3 rings (SSSR count). The Morgan fingerprint density at radius 2 is 2.19 bits per heavy atom. The summed E-state index contributed by atoms with van der Waals surface area (Å²) in [7, 11) is 0. The van der Waals surface area contributed by atoms with Crippen molar-refractivity contribution in [1.29, 1.82) is 0 Å². The molecule has 1 unspecified atom stereocenters. The third kappa shape index (κ3) is 2.56. The number of para-hydroxylation sites is 1. The SMILES string of the molecule is CCc1cnc(Cn2c(C(C)Cl)nc3c(C)cccc32)o1. The Morgan fingerprint density at radius 3 is 2.86 bits per heavy atom. The van der Waals surface area contributed by atoms with E-state index in [1.165, 1.54) is 0 Å². The number of rotatable bonds is 4. The average molecular weight is 304 g/mol. The third-order valence-electron chi connectivity index (χ3n) is 3.61. The summed E-state index contributed by atoms with van der Waals surface area (Å²) in [6.45, 7) is 6.59. The maximum atomic E-state index is 6.30.